The van der Waals surface area contributed by atoms with Crippen molar-refractivity contribution in [3.63, 3.8) is 0 Å². The van der Waals surface area contributed by atoms with Gasteiger partial charge >= 0.3 is 0 Å². The standard InChI is InChI=1S/C32H29BrN2O/c1-2-3-5-13-28-27-12-8-9-14-29(27)35(22-23-10-6-4-7-11-23)32(28)25-15-17-26-24(21-25)16-18-30(31(26)33)36-20-19-34/h4,6-12,14-18,21H,2-3,5,13,20,22H2,1H3. The molecule has 0 radical (unpaired) electrons. The first-order valence-electron chi connectivity index (χ1n) is 12.6. The van der Waals surface area contributed by atoms with Crippen molar-refractivity contribution in [1.29, 1.82) is 5.26 Å². The second kappa shape index (κ2) is 11.0. The minimum Gasteiger partial charge on any atom is -0.478 e. The monoisotopic (exact) mass is 536 g/mol. The van der Waals surface area contributed by atoms with Crippen molar-refractivity contribution in [2.45, 2.75) is 39.2 Å². The number of benzene rings is 4. The van der Waals surface area contributed by atoms with Crippen LogP contribution in [0.25, 0.3) is 32.9 Å². The highest BCUT2D eigenvalue weighted by atomic mass is 79.9. The Morgan fingerprint density at radius 2 is 1.69 bits per heavy atom. The minimum atomic E-state index is 0.0307. The van der Waals surface area contributed by atoms with Gasteiger partial charge in [0.05, 0.1) is 10.2 Å². The second-order valence-electron chi connectivity index (χ2n) is 9.13. The van der Waals surface area contributed by atoms with Crippen LogP contribution in [0.5, 0.6) is 5.75 Å². The van der Waals surface area contributed by atoms with Gasteiger partial charge in [0.2, 0.25) is 0 Å². The van der Waals surface area contributed by atoms with Crippen molar-refractivity contribution in [1.82, 2.24) is 4.57 Å². The van der Waals surface area contributed by atoms with Crippen LogP contribution in [0, 0.1) is 11.3 Å². The molecule has 5 rings (SSSR count). The van der Waals surface area contributed by atoms with E-state index in [-0.39, 0.29) is 6.61 Å². The third kappa shape index (κ3) is 4.76. The molecular formula is C32H29BrN2O. The predicted octanol–water partition coefficient (Wildman–Crippen LogP) is 8.91. The number of hydrogen-bond acceptors (Lipinski definition) is 2. The Balaban J connectivity index is 1.69. The average molecular weight is 538 g/mol. The van der Waals surface area contributed by atoms with E-state index in [4.69, 9.17) is 10.00 Å². The molecule has 0 bridgehead atoms. The molecule has 36 heavy (non-hydrogen) atoms. The van der Waals surface area contributed by atoms with E-state index >= 15 is 0 Å². The number of para-hydroxylation sites is 1. The molecule has 0 atom stereocenters. The zero-order valence-corrected chi connectivity index (χ0v) is 22.1. The van der Waals surface area contributed by atoms with Gasteiger partial charge in [-0.25, -0.2) is 0 Å². The van der Waals surface area contributed by atoms with Gasteiger partial charge in [-0.05, 0) is 74.4 Å². The highest BCUT2D eigenvalue weighted by Crippen LogP contribution is 2.39. The number of nitriles is 1. The predicted molar refractivity (Wildman–Crippen MR) is 152 cm³/mol. The molecule has 5 aromatic rings. The highest BCUT2D eigenvalue weighted by Gasteiger charge is 2.19. The molecule has 0 N–H and O–H groups in total. The number of fused-ring (bicyclic) bond motifs is 2. The summed E-state index contributed by atoms with van der Waals surface area (Å²) in [6.45, 7) is 3.12. The van der Waals surface area contributed by atoms with Crippen LogP contribution in [0.4, 0.5) is 0 Å². The Bertz CT molecular complexity index is 1550. The van der Waals surface area contributed by atoms with Gasteiger partial charge in [0.1, 0.15) is 11.8 Å². The molecule has 3 nitrogen and oxygen atoms in total. The van der Waals surface area contributed by atoms with Gasteiger partial charge in [-0.1, -0.05) is 86.5 Å². The Labute approximate surface area is 221 Å². The fraction of sp³-hybridized carbons (Fsp3) is 0.219. The summed E-state index contributed by atoms with van der Waals surface area (Å²) < 4.78 is 8.97. The lowest BCUT2D eigenvalue weighted by atomic mass is 9.98. The topological polar surface area (TPSA) is 37.9 Å². The average Bonchev–Trinajstić information content (AvgIpc) is 3.22. The van der Waals surface area contributed by atoms with E-state index in [0.717, 1.165) is 28.2 Å². The van der Waals surface area contributed by atoms with Gasteiger partial charge in [-0.2, -0.15) is 5.26 Å². The number of aryl methyl sites for hydroxylation is 1. The summed E-state index contributed by atoms with van der Waals surface area (Å²) in [7, 11) is 0. The molecule has 0 fully saturated rings. The maximum atomic E-state index is 8.90. The van der Waals surface area contributed by atoms with E-state index in [1.165, 1.54) is 52.5 Å². The first-order valence-corrected chi connectivity index (χ1v) is 13.4. The van der Waals surface area contributed by atoms with E-state index in [1.807, 2.05) is 12.1 Å². The Kier molecular flexibility index (Phi) is 7.39. The third-order valence-corrected chi connectivity index (χ3v) is 7.59. The molecule has 1 heterocycles. The number of aromatic nitrogens is 1. The highest BCUT2D eigenvalue weighted by molar-refractivity contribution is 9.10. The van der Waals surface area contributed by atoms with Crippen molar-refractivity contribution >= 4 is 37.6 Å². The molecule has 4 heteroatoms. The molecule has 0 amide bonds. The molecule has 0 saturated heterocycles. The smallest absolute Gasteiger partial charge is 0.174 e. The number of hydrogen-bond donors (Lipinski definition) is 0. The Hall–Kier alpha value is -3.55. The second-order valence-corrected chi connectivity index (χ2v) is 9.93. The van der Waals surface area contributed by atoms with Gasteiger partial charge in [0.15, 0.2) is 6.61 Å². The molecule has 0 aliphatic rings. The largest absolute Gasteiger partial charge is 0.478 e. The van der Waals surface area contributed by atoms with Crippen molar-refractivity contribution in [3.05, 3.63) is 101 Å². The summed E-state index contributed by atoms with van der Waals surface area (Å²) in [5.74, 6) is 0.690. The van der Waals surface area contributed by atoms with E-state index in [9.17, 15) is 0 Å². The molecule has 0 unspecified atom stereocenters. The normalized spacial score (nSPS) is 11.1. The fourth-order valence-electron chi connectivity index (χ4n) is 5.08. The van der Waals surface area contributed by atoms with Gasteiger partial charge in [0, 0.05) is 17.4 Å². The number of rotatable bonds is 9. The van der Waals surface area contributed by atoms with Gasteiger partial charge < -0.3 is 9.30 Å². The molecule has 180 valence electrons. The quantitative estimate of drug-likeness (QED) is 0.176. The SMILES string of the molecule is CCCCCc1c(-c2ccc3c(Br)c(OCC#N)ccc3c2)n(Cc2ccccc2)c2ccccc12. The van der Waals surface area contributed by atoms with Gasteiger partial charge in [-0.15, -0.1) is 0 Å². The number of ether oxygens (including phenoxy) is 1. The summed E-state index contributed by atoms with van der Waals surface area (Å²) in [5, 5.41) is 12.5. The van der Waals surface area contributed by atoms with Crippen LogP contribution in [0.15, 0.2) is 89.4 Å². The molecule has 0 saturated carbocycles. The number of nitrogens with zero attached hydrogens (tertiary/aromatic N) is 2. The summed E-state index contributed by atoms with van der Waals surface area (Å²) in [6.07, 6.45) is 4.68. The number of halogens is 1. The molecular weight excluding hydrogens is 508 g/mol. The summed E-state index contributed by atoms with van der Waals surface area (Å²) in [5.41, 5.74) is 6.53. The maximum absolute atomic E-state index is 8.90. The van der Waals surface area contributed by atoms with Crippen LogP contribution in [0.3, 0.4) is 0 Å². The zero-order valence-electron chi connectivity index (χ0n) is 20.5. The van der Waals surface area contributed by atoms with Gasteiger partial charge in [-0.3, -0.25) is 0 Å². The molecule has 0 aliphatic heterocycles. The summed E-state index contributed by atoms with van der Waals surface area (Å²) in [6, 6.07) is 32.3. The van der Waals surface area contributed by atoms with E-state index < -0.39 is 0 Å². The Morgan fingerprint density at radius 1 is 0.889 bits per heavy atom. The molecule has 4 aromatic carbocycles. The van der Waals surface area contributed by atoms with Crippen LogP contribution >= 0.6 is 15.9 Å². The fourth-order valence-corrected chi connectivity index (χ4v) is 5.69. The van der Waals surface area contributed by atoms with Crippen LogP contribution in [-0.2, 0) is 13.0 Å². The first-order chi connectivity index (χ1) is 17.7. The lowest BCUT2D eigenvalue weighted by Gasteiger charge is -2.15. The number of unbranched alkanes of at least 4 members (excludes halogenated alkanes) is 2. The van der Waals surface area contributed by atoms with E-state index in [2.05, 4.69) is 106 Å². The zero-order chi connectivity index (χ0) is 24.9. The van der Waals surface area contributed by atoms with Crippen LogP contribution in [-0.4, -0.2) is 11.2 Å². The summed E-state index contributed by atoms with van der Waals surface area (Å²) in [4.78, 5) is 0. The first kappa shape index (κ1) is 24.2. The van der Waals surface area contributed by atoms with Crippen LogP contribution < -0.4 is 4.74 Å². The van der Waals surface area contributed by atoms with Crippen molar-refractivity contribution in [3.8, 4) is 23.1 Å². The van der Waals surface area contributed by atoms with Crippen molar-refractivity contribution < 1.29 is 4.74 Å². The Morgan fingerprint density at radius 3 is 2.50 bits per heavy atom. The summed E-state index contributed by atoms with van der Waals surface area (Å²) >= 11 is 3.70. The van der Waals surface area contributed by atoms with Crippen molar-refractivity contribution in [2.24, 2.45) is 0 Å². The van der Waals surface area contributed by atoms with Crippen molar-refractivity contribution in [2.75, 3.05) is 6.61 Å². The third-order valence-electron chi connectivity index (χ3n) is 6.77. The molecule has 1 aromatic heterocycles. The lowest BCUT2D eigenvalue weighted by molar-refractivity contribution is 0.366. The van der Waals surface area contributed by atoms with E-state index in [1.54, 1.807) is 0 Å². The van der Waals surface area contributed by atoms with E-state index in [0.29, 0.717) is 5.75 Å². The van der Waals surface area contributed by atoms with Crippen LogP contribution in [0.1, 0.15) is 37.3 Å². The minimum absolute atomic E-state index is 0.0307. The van der Waals surface area contributed by atoms with Crippen LogP contribution in [0.2, 0.25) is 0 Å². The van der Waals surface area contributed by atoms with Gasteiger partial charge in [0.25, 0.3) is 0 Å². The maximum Gasteiger partial charge on any atom is 0.174 e. The molecule has 0 spiro atoms. The lowest BCUT2D eigenvalue weighted by Crippen LogP contribution is -2.03. The molecule has 0 aliphatic carbocycles.